The maximum Gasteiger partial charge on any atom is 0.247 e. The summed E-state index contributed by atoms with van der Waals surface area (Å²) in [6.07, 6.45) is 0. The van der Waals surface area contributed by atoms with E-state index in [4.69, 9.17) is 16.3 Å². The first kappa shape index (κ1) is 15.3. The largest absolute Gasteiger partial charge is 0.497 e. The first-order valence-electron chi connectivity index (χ1n) is 6.05. The second-order valence-corrected chi connectivity index (χ2v) is 4.69. The average Bonchev–Trinajstić information content (AvgIpc) is 2.50. The highest BCUT2D eigenvalue weighted by molar-refractivity contribution is 6.32. The zero-order valence-corrected chi connectivity index (χ0v) is 11.8. The van der Waals surface area contributed by atoms with Gasteiger partial charge in [0.15, 0.2) is 0 Å². The number of methoxy groups -OCH3 is 1. The Balaban J connectivity index is 2.13. The van der Waals surface area contributed by atoms with Crippen LogP contribution in [0.1, 0.15) is 10.9 Å². The molecule has 0 spiro atoms. The Kier molecular flexibility index (Phi) is 4.75. The third-order valence-corrected chi connectivity index (χ3v) is 3.28. The Morgan fingerprint density at radius 1 is 1.19 bits per heavy atom. The zero-order valence-electron chi connectivity index (χ0n) is 11.1. The molecule has 0 heterocycles. The lowest BCUT2D eigenvalue weighted by Gasteiger charge is -2.12. The van der Waals surface area contributed by atoms with E-state index in [-0.39, 0.29) is 5.69 Å². The van der Waals surface area contributed by atoms with E-state index >= 15 is 0 Å². The van der Waals surface area contributed by atoms with Crippen LogP contribution in [0.25, 0.3) is 0 Å². The molecule has 2 rings (SSSR count). The minimum Gasteiger partial charge on any atom is -0.497 e. The second kappa shape index (κ2) is 6.54. The Hall–Kier alpha value is -2.14. The molecule has 3 nitrogen and oxygen atoms in total. The molecule has 0 aliphatic heterocycles. The van der Waals surface area contributed by atoms with Crippen LogP contribution in [0, 0.1) is 11.6 Å². The minimum atomic E-state index is -1.03. The van der Waals surface area contributed by atoms with Crippen molar-refractivity contribution >= 4 is 23.2 Å². The predicted molar refractivity (Wildman–Crippen MR) is 76.6 cm³/mol. The molecule has 1 unspecified atom stereocenters. The molecular weight excluding hydrogens is 300 g/mol. The number of ether oxygens (including phenoxy) is 1. The van der Waals surface area contributed by atoms with Crippen molar-refractivity contribution in [3.05, 3.63) is 59.7 Å². The number of rotatable bonds is 4. The van der Waals surface area contributed by atoms with Crippen molar-refractivity contribution in [2.45, 2.75) is 5.38 Å². The van der Waals surface area contributed by atoms with Crippen molar-refractivity contribution in [1.29, 1.82) is 0 Å². The van der Waals surface area contributed by atoms with Gasteiger partial charge in [-0.15, -0.1) is 11.6 Å². The maximum atomic E-state index is 13.5. The summed E-state index contributed by atoms with van der Waals surface area (Å²) >= 11 is 6.03. The number of carbonyl (C=O) groups is 1. The number of alkyl halides is 1. The van der Waals surface area contributed by atoms with Crippen LogP contribution in [0.5, 0.6) is 5.75 Å². The number of nitrogens with one attached hydrogen (secondary N) is 1. The van der Waals surface area contributed by atoms with Gasteiger partial charge in [-0.05, 0) is 29.8 Å². The molecule has 21 heavy (non-hydrogen) atoms. The van der Waals surface area contributed by atoms with Crippen LogP contribution in [-0.4, -0.2) is 13.0 Å². The number of carbonyl (C=O) groups excluding carboxylic acids is 1. The van der Waals surface area contributed by atoms with Gasteiger partial charge >= 0.3 is 0 Å². The van der Waals surface area contributed by atoms with Gasteiger partial charge in [-0.2, -0.15) is 0 Å². The van der Waals surface area contributed by atoms with Gasteiger partial charge in [0.2, 0.25) is 5.91 Å². The highest BCUT2D eigenvalue weighted by atomic mass is 35.5. The van der Waals surface area contributed by atoms with Crippen LogP contribution in [0.3, 0.4) is 0 Å². The summed E-state index contributed by atoms with van der Waals surface area (Å²) in [6, 6.07) is 9.34. The molecule has 0 aliphatic carbocycles. The number of amides is 1. The second-order valence-electron chi connectivity index (χ2n) is 4.25. The third-order valence-electron chi connectivity index (χ3n) is 2.82. The standard InChI is InChI=1S/C15H12ClF2NO2/c1-21-11-5-2-9(3-6-11)14(16)15(20)19-13-8-10(17)4-7-12(13)18/h2-8,14H,1H3,(H,19,20). The van der Waals surface area contributed by atoms with Gasteiger partial charge in [0.25, 0.3) is 0 Å². The third kappa shape index (κ3) is 3.70. The summed E-state index contributed by atoms with van der Waals surface area (Å²) in [7, 11) is 1.52. The lowest BCUT2D eigenvalue weighted by atomic mass is 10.1. The van der Waals surface area contributed by atoms with Crippen LogP contribution < -0.4 is 10.1 Å². The van der Waals surface area contributed by atoms with E-state index in [0.717, 1.165) is 18.2 Å². The fourth-order valence-corrected chi connectivity index (χ4v) is 1.91. The number of hydrogen-bond donors (Lipinski definition) is 1. The van der Waals surface area contributed by atoms with Gasteiger partial charge in [0, 0.05) is 6.07 Å². The molecule has 0 saturated carbocycles. The lowest BCUT2D eigenvalue weighted by Crippen LogP contribution is -2.18. The van der Waals surface area contributed by atoms with Crippen molar-refractivity contribution in [3.8, 4) is 5.75 Å². The van der Waals surface area contributed by atoms with Crippen molar-refractivity contribution < 1.29 is 18.3 Å². The van der Waals surface area contributed by atoms with Crippen molar-refractivity contribution in [2.75, 3.05) is 12.4 Å². The summed E-state index contributed by atoms with van der Waals surface area (Å²) < 4.78 is 31.5. The predicted octanol–water partition coefficient (Wildman–Crippen LogP) is 3.89. The van der Waals surface area contributed by atoms with E-state index in [1.807, 2.05) is 0 Å². The highest BCUT2D eigenvalue weighted by Crippen LogP contribution is 2.25. The summed E-state index contributed by atoms with van der Waals surface area (Å²) in [5.41, 5.74) is 0.269. The number of benzene rings is 2. The van der Waals surface area contributed by atoms with Gasteiger partial charge < -0.3 is 10.1 Å². The fourth-order valence-electron chi connectivity index (χ4n) is 1.71. The molecule has 0 aliphatic rings. The van der Waals surface area contributed by atoms with Crippen LogP contribution >= 0.6 is 11.6 Å². The van der Waals surface area contributed by atoms with Crippen LogP contribution in [0.4, 0.5) is 14.5 Å². The molecule has 110 valence electrons. The molecule has 0 bridgehead atoms. The molecule has 0 fully saturated rings. The molecule has 1 N–H and O–H groups in total. The zero-order chi connectivity index (χ0) is 15.4. The van der Waals surface area contributed by atoms with Crippen molar-refractivity contribution in [3.63, 3.8) is 0 Å². The van der Waals surface area contributed by atoms with Crippen molar-refractivity contribution in [1.82, 2.24) is 0 Å². The number of halogens is 3. The number of anilines is 1. The summed E-state index contributed by atoms with van der Waals surface area (Å²) in [4.78, 5) is 12.0. The Morgan fingerprint density at radius 3 is 2.48 bits per heavy atom. The Morgan fingerprint density at radius 2 is 1.86 bits per heavy atom. The van der Waals surface area contributed by atoms with E-state index in [2.05, 4.69) is 5.32 Å². The first-order chi connectivity index (χ1) is 10.0. The summed E-state index contributed by atoms with van der Waals surface area (Å²) in [5.74, 6) is -1.41. The average molecular weight is 312 g/mol. The van der Waals surface area contributed by atoms with E-state index in [0.29, 0.717) is 11.3 Å². The molecule has 6 heteroatoms. The molecule has 0 saturated heterocycles. The maximum absolute atomic E-state index is 13.5. The topological polar surface area (TPSA) is 38.3 Å². The van der Waals surface area contributed by atoms with Gasteiger partial charge in [-0.3, -0.25) is 4.79 Å². The van der Waals surface area contributed by atoms with Crippen LogP contribution in [0.2, 0.25) is 0 Å². The van der Waals surface area contributed by atoms with Crippen molar-refractivity contribution in [2.24, 2.45) is 0 Å². The lowest BCUT2D eigenvalue weighted by molar-refractivity contribution is -0.116. The van der Waals surface area contributed by atoms with E-state index in [1.165, 1.54) is 7.11 Å². The van der Waals surface area contributed by atoms with E-state index in [1.54, 1.807) is 24.3 Å². The van der Waals surface area contributed by atoms with Crippen LogP contribution in [-0.2, 0) is 4.79 Å². The summed E-state index contributed by atoms with van der Waals surface area (Å²) in [6.45, 7) is 0. The minimum absolute atomic E-state index is 0.251. The Bertz CT molecular complexity index is 647. The quantitative estimate of drug-likeness (QED) is 0.870. The van der Waals surface area contributed by atoms with E-state index < -0.39 is 22.9 Å². The molecule has 0 radical (unpaired) electrons. The van der Waals surface area contributed by atoms with Gasteiger partial charge in [-0.1, -0.05) is 12.1 Å². The SMILES string of the molecule is COc1ccc(C(Cl)C(=O)Nc2cc(F)ccc2F)cc1. The molecule has 2 aromatic carbocycles. The Labute approximate surface area is 125 Å². The van der Waals surface area contributed by atoms with Crippen LogP contribution in [0.15, 0.2) is 42.5 Å². The summed E-state index contributed by atoms with van der Waals surface area (Å²) in [5, 5.41) is 1.23. The molecular formula is C15H12ClF2NO2. The molecule has 0 aromatic heterocycles. The van der Waals surface area contributed by atoms with E-state index in [9.17, 15) is 13.6 Å². The first-order valence-corrected chi connectivity index (χ1v) is 6.49. The van der Waals surface area contributed by atoms with Gasteiger partial charge in [0.1, 0.15) is 22.8 Å². The molecule has 1 atom stereocenters. The van der Waals surface area contributed by atoms with Gasteiger partial charge in [-0.25, -0.2) is 8.78 Å². The van der Waals surface area contributed by atoms with Gasteiger partial charge in [0.05, 0.1) is 12.8 Å². The monoisotopic (exact) mass is 311 g/mol. The number of hydrogen-bond acceptors (Lipinski definition) is 2. The molecule has 2 aromatic rings. The smallest absolute Gasteiger partial charge is 0.247 e. The fraction of sp³-hybridized carbons (Fsp3) is 0.133. The normalized spacial score (nSPS) is 11.8. The highest BCUT2D eigenvalue weighted by Gasteiger charge is 2.19. The molecule has 1 amide bonds.